The van der Waals surface area contributed by atoms with Crippen LogP contribution < -0.4 is 14.5 Å². The zero-order chi connectivity index (χ0) is 29.9. The number of halogens is 3. The number of fused-ring (bicyclic) bond motifs is 1. The van der Waals surface area contributed by atoms with Gasteiger partial charge >= 0.3 is 12.2 Å². The van der Waals surface area contributed by atoms with Crippen molar-refractivity contribution in [2.24, 2.45) is 0 Å². The van der Waals surface area contributed by atoms with Gasteiger partial charge in [0.25, 0.3) is 0 Å². The van der Waals surface area contributed by atoms with E-state index in [1.54, 1.807) is 23.1 Å². The number of amides is 1. The number of likely N-dealkylation sites (tertiary alicyclic amines) is 1. The molecule has 1 aromatic heterocycles. The van der Waals surface area contributed by atoms with Crippen LogP contribution in [0.25, 0.3) is 0 Å². The first-order chi connectivity index (χ1) is 20.2. The first kappa shape index (κ1) is 29.6. The summed E-state index contributed by atoms with van der Waals surface area (Å²) in [5.74, 6) is 0.490. The van der Waals surface area contributed by atoms with Crippen LogP contribution in [0, 0.1) is 11.3 Å². The number of carbonyl (C=O) groups is 1. The summed E-state index contributed by atoms with van der Waals surface area (Å²) in [7, 11) is 2.07. The van der Waals surface area contributed by atoms with E-state index in [2.05, 4.69) is 29.5 Å². The summed E-state index contributed by atoms with van der Waals surface area (Å²) in [6.45, 7) is 7.19. The predicted molar refractivity (Wildman–Crippen MR) is 152 cm³/mol. The van der Waals surface area contributed by atoms with E-state index in [-0.39, 0.29) is 36.0 Å². The van der Waals surface area contributed by atoms with E-state index in [1.807, 2.05) is 4.90 Å². The van der Waals surface area contributed by atoms with Gasteiger partial charge in [-0.2, -0.15) is 28.4 Å². The highest BCUT2D eigenvalue weighted by Gasteiger charge is 2.35. The molecular formula is C30H36F3N7O2. The van der Waals surface area contributed by atoms with Gasteiger partial charge in [0.2, 0.25) is 5.91 Å². The fourth-order valence-electron chi connectivity index (χ4n) is 6.20. The minimum absolute atomic E-state index is 0.171. The van der Waals surface area contributed by atoms with Gasteiger partial charge in [-0.3, -0.25) is 4.79 Å². The summed E-state index contributed by atoms with van der Waals surface area (Å²) in [4.78, 5) is 30.0. The Kier molecular flexibility index (Phi) is 8.87. The summed E-state index contributed by atoms with van der Waals surface area (Å²) >= 11 is 0. The lowest BCUT2D eigenvalue weighted by Gasteiger charge is -2.42. The molecule has 4 heterocycles. The van der Waals surface area contributed by atoms with Crippen molar-refractivity contribution in [2.45, 2.75) is 56.9 Å². The van der Waals surface area contributed by atoms with Crippen LogP contribution in [0.15, 0.2) is 36.9 Å². The second-order valence-electron chi connectivity index (χ2n) is 11.1. The Hall–Kier alpha value is -3.85. The molecule has 0 spiro atoms. The molecular weight excluding hydrogens is 547 g/mol. The van der Waals surface area contributed by atoms with Crippen LogP contribution in [-0.2, 0) is 24.2 Å². The number of rotatable bonds is 8. The normalized spacial score (nSPS) is 21.2. The Morgan fingerprint density at radius 1 is 1.17 bits per heavy atom. The second kappa shape index (κ2) is 12.6. The molecule has 0 radical (unpaired) electrons. The van der Waals surface area contributed by atoms with E-state index in [0.29, 0.717) is 63.0 Å². The average Bonchev–Trinajstić information content (AvgIpc) is 3.39. The quantitative estimate of drug-likeness (QED) is 0.435. The molecule has 0 N–H and O–H groups in total. The van der Waals surface area contributed by atoms with Crippen molar-refractivity contribution in [1.82, 2.24) is 19.8 Å². The maximum atomic E-state index is 13.4. The molecule has 3 aliphatic heterocycles. The molecule has 9 nitrogen and oxygen atoms in total. The third-order valence-electron chi connectivity index (χ3n) is 8.39. The fraction of sp³-hybridized carbons (Fsp3) is 0.533. The lowest BCUT2D eigenvalue weighted by molar-refractivity contribution is -0.129. The molecule has 12 heteroatoms. The van der Waals surface area contributed by atoms with Crippen LogP contribution in [-0.4, -0.2) is 90.3 Å². The third-order valence-corrected chi connectivity index (χ3v) is 8.39. The predicted octanol–water partition coefficient (Wildman–Crippen LogP) is 3.73. The van der Waals surface area contributed by atoms with E-state index in [9.17, 15) is 23.2 Å². The first-order valence-corrected chi connectivity index (χ1v) is 14.3. The Balaban J connectivity index is 1.46. The highest BCUT2D eigenvalue weighted by molar-refractivity contribution is 5.87. The lowest BCUT2D eigenvalue weighted by Crippen LogP contribution is -2.55. The molecule has 0 aliphatic carbocycles. The van der Waals surface area contributed by atoms with Crippen LogP contribution >= 0.6 is 0 Å². The number of nitrogens with zero attached hydrogens (tertiary/aromatic N) is 7. The van der Waals surface area contributed by atoms with Gasteiger partial charge in [-0.05, 0) is 50.6 Å². The van der Waals surface area contributed by atoms with Gasteiger partial charge in [0, 0.05) is 43.5 Å². The van der Waals surface area contributed by atoms with Gasteiger partial charge in [0.1, 0.15) is 12.4 Å². The Bertz CT molecular complexity index is 1350. The van der Waals surface area contributed by atoms with Gasteiger partial charge < -0.3 is 24.3 Å². The van der Waals surface area contributed by atoms with Crippen molar-refractivity contribution < 1.29 is 22.7 Å². The number of likely N-dealkylation sites (N-methyl/N-ethyl adjacent to an activating group) is 1. The number of ether oxygens (including phenoxy) is 1. The molecule has 1 amide bonds. The smallest absolute Gasteiger partial charge is 0.393 e. The SMILES string of the molecule is C=CC(=O)N1CCN(c2nc(OC[C@@H]3CCCN3C)nc3c2CCN(c2ccccc2CC(F)(F)F)C3)CC1CC#N. The Morgan fingerprint density at radius 2 is 1.98 bits per heavy atom. The molecule has 3 aliphatic rings. The lowest BCUT2D eigenvalue weighted by atomic mass is 10.0. The summed E-state index contributed by atoms with van der Waals surface area (Å²) in [5.41, 5.74) is 2.40. The van der Waals surface area contributed by atoms with Crippen molar-refractivity contribution in [1.29, 1.82) is 5.26 Å². The summed E-state index contributed by atoms with van der Waals surface area (Å²) in [6, 6.07) is 8.98. The van der Waals surface area contributed by atoms with Crippen LogP contribution in [0.3, 0.4) is 0 Å². The van der Waals surface area contributed by atoms with E-state index >= 15 is 0 Å². The molecule has 1 aromatic carbocycles. The van der Waals surface area contributed by atoms with Crippen molar-refractivity contribution in [3.8, 4) is 12.1 Å². The number of nitriles is 1. The minimum Gasteiger partial charge on any atom is -0.462 e. The van der Waals surface area contributed by atoms with Crippen LogP contribution in [0.1, 0.15) is 36.1 Å². The van der Waals surface area contributed by atoms with E-state index in [0.717, 1.165) is 24.9 Å². The van der Waals surface area contributed by atoms with Crippen molar-refractivity contribution >= 4 is 17.4 Å². The minimum atomic E-state index is -4.32. The number of para-hydroxylation sites is 1. The van der Waals surface area contributed by atoms with Crippen LogP contribution in [0.5, 0.6) is 6.01 Å². The molecule has 2 saturated heterocycles. The molecule has 2 fully saturated rings. The van der Waals surface area contributed by atoms with Crippen molar-refractivity contribution in [3.05, 3.63) is 53.7 Å². The monoisotopic (exact) mass is 583 g/mol. The van der Waals surface area contributed by atoms with Crippen LogP contribution in [0.2, 0.25) is 0 Å². The zero-order valence-corrected chi connectivity index (χ0v) is 23.8. The standard InChI is InChI=1S/C30H36F3N7O2/c1-3-27(41)40-16-15-39(18-22(40)10-12-34)28-24-11-14-38(26-9-5-4-7-21(26)17-30(31,32)33)19-25(24)35-29(36-28)42-20-23-8-6-13-37(23)2/h3-5,7,9,22-23H,1,6,8,10-11,13-20H2,2H3/t22?,23-/m0/s1. The summed E-state index contributed by atoms with van der Waals surface area (Å²) in [6.07, 6.45) is -1.23. The number of alkyl halides is 3. The largest absolute Gasteiger partial charge is 0.462 e. The summed E-state index contributed by atoms with van der Waals surface area (Å²) < 4.78 is 46.2. The Labute approximate surface area is 244 Å². The van der Waals surface area contributed by atoms with Crippen molar-refractivity contribution in [3.63, 3.8) is 0 Å². The maximum absolute atomic E-state index is 13.4. The van der Waals surface area contributed by atoms with Gasteiger partial charge in [-0.1, -0.05) is 24.8 Å². The number of anilines is 2. The number of hydrogen-bond donors (Lipinski definition) is 0. The maximum Gasteiger partial charge on any atom is 0.393 e. The number of aromatic nitrogens is 2. The fourth-order valence-corrected chi connectivity index (χ4v) is 6.20. The van der Waals surface area contributed by atoms with E-state index in [1.165, 1.54) is 12.1 Å². The number of benzene rings is 1. The van der Waals surface area contributed by atoms with Crippen molar-refractivity contribution in [2.75, 3.05) is 56.2 Å². The number of piperazine rings is 1. The number of hydrogen-bond acceptors (Lipinski definition) is 8. The highest BCUT2D eigenvalue weighted by atomic mass is 19.4. The topological polar surface area (TPSA) is 88.8 Å². The summed E-state index contributed by atoms with van der Waals surface area (Å²) in [5, 5.41) is 9.45. The highest BCUT2D eigenvalue weighted by Crippen LogP contribution is 2.35. The first-order valence-electron chi connectivity index (χ1n) is 14.3. The van der Waals surface area contributed by atoms with E-state index < -0.39 is 12.6 Å². The molecule has 42 heavy (non-hydrogen) atoms. The van der Waals surface area contributed by atoms with E-state index in [4.69, 9.17) is 14.7 Å². The molecule has 0 bridgehead atoms. The third kappa shape index (κ3) is 6.62. The van der Waals surface area contributed by atoms with Gasteiger partial charge in [0.05, 0.1) is 37.2 Å². The van der Waals surface area contributed by atoms with Gasteiger partial charge in [-0.15, -0.1) is 0 Å². The molecule has 224 valence electrons. The molecule has 5 rings (SSSR count). The number of carbonyl (C=O) groups excluding carboxylic acids is 1. The molecule has 2 aromatic rings. The van der Waals surface area contributed by atoms with Crippen LogP contribution in [0.4, 0.5) is 24.7 Å². The molecule has 1 unspecified atom stereocenters. The Morgan fingerprint density at radius 3 is 2.69 bits per heavy atom. The molecule has 2 atom stereocenters. The van der Waals surface area contributed by atoms with Gasteiger partial charge in [0.15, 0.2) is 0 Å². The molecule has 0 saturated carbocycles. The zero-order valence-electron chi connectivity index (χ0n) is 23.8. The second-order valence-corrected chi connectivity index (χ2v) is 11.1. The van der Waals surface area contributed by atoms with Gasteiger partial charge in [-0.25, -0.2) is 0 Å². The average molecular weight is 584 g/mol.